The third kappa shape index (κ3) is 2.12. The molecule has 3 rings (SSSR count). The first kappa shape index (κ1) is 12.9. The normalized spacial score (nSPS) is 10.5. The fraction of sp³-hybridized carbons (Fsp3) is 0. The number of carbonyl (C=O) groups excluding carboxylic acids is 2. The van der Waals surface area contributed by atoms with E-state index >= 15 is 0 Å². The molecule has 6 nitrogen and oxygen atoms in total. The predicted octanol–water partition coefficient (Wildman–Crippen LogP) is 0.839. The number of hydrogen-bond donors (Lipinski definition) is 0. The molecule has 0 fully saturated rings. The van der Waals surface area contributed by atoms with Crippen molar-refractivity contribution in [2.45, 2.75) is 0 Å². The first-order chi connectivity index (χ1) is 10.2. The molecule has 0 saturated heterocycles. The van der Waals surface area contributed by atoms with Gasteiger partial charge in [0.25, 0.3) is 0 Å². The maximum absolute atomic E-state index is 11.3. The molecule has 0 aliphatic carbocycles. The maximum Gasteiger partial charge on any atom is 0.166 e. The molecule has 0 unspecified atom stereocenters. The first-order valence-electron chi connectivity index (χ1n) is 6.20. The van der Waals surface area contributed by atoms with Crippen molar-refractivity contribution in [2.24, 2.45) is 0 Å². The van der Waals surface area contributed by atoms with Gasteiger partial charge in [-0.3, -0.25) is 9.36 Å². The van der Waals surface area contributed by atoms with Crippen molar-refractivity contribution in [1.29, 1.82) is 0 Å². The third-order valence-corrected chi connectivity index (χ3v) is 3.09. The van der Waals surface area contributed by atoms with Crippen LogP contribution in [0.5, 0.6) is 0 Å². The van der Waals surface area contributed by atoms with Crippen LogP contribution in [0.1, 0.15) is 20.8 Å². The van der Waals surface area contributed by atoms with Crippen molar-refractivity contribution in [2.75, 3.05) is 0 Å². The van der Waals surface area contributed by atoms with Crippen molar-refractivity contribution in [3.05, 3.63) is 66.1 Å². The monoisotopic (exact) mass is 280 g/mol. The molecule has 0 aliphatic heterocycles. The van der Waals surface area contributed by atoms with Gasteiger partial charge in [-0.2, -0.15) is 5.10 Å². The summed E-state index contributed by atoms with van der Waals surface area (Å²) in [6.45, 7) is 0. The average Bonchev–Trinajstić information content (AvgIpc) is 3.13. The maximum atomic E-state index is 11.3. The Bertz CT molecular complexity index is 803. The quantitative estimate of drug-likeness (QED) is 0.663. The third-order valence-electron chi connectivity index (χ3n) is 3.09. The number of aldehydes is 1. The topological polar surface area (TPSA) is 79.9 Å². The van der Waals surface area contributed by atoms with E-state index in [9.17, 15) is 14.7 Å². The predicted molar refractivity (Wildman–Crippen MR) is 72.6 cm³/mol. The molecule has 0 radical (unpaired) electrons. The van der Waals surface area contributed by atoms with E-state index in [1.807, 2.05) is 18.2 Å². The Balaban J connectivity index is 2.29. The molecule has 0 aliphatic rings. The summed E-state index contributed by atoms with van der Waals surface area (Å²) < 4.78 is 2.93. The standard InChI is InChI=1S/C15H11N3O3/c19-10-12-7-4-8-17(12)14-13(15(20)21)9-16-18(14)11-5-2-1-3-6-11/h1-10H,(H,20,21)/p-1. The van der Waals surface area contributed by atoms with Gasteiger partial charge in [-0.1, -0.05) is 18.2 Å². The SMILES string of the molecule is O=Cc1cccn1-c1c(C(=O)[O-])cnn1-c1ccccc1. The molecule has 0 atom stereocenters. The number of carboxylic acid groups (broad SMARTS) is 1. The lowest BCUT2D eigenvalue weighted by Gasteiger charge is -2.12. The van der Waals surface area contributed by atoms with Gasteiger partial charge >= 0.3 is 0 Å². The van der Waals surface area contributed by atoms with Gasteiger partial charge in [0.2, 0.25) is 0 Å². The molecule has 0 saturated carbocycles. The Morgan fingerprint density at radius 1 is 1.14 bits per heavy atom. The molecule has 0 N–H and O–H groups in total. The van der Waals surface area contributed by atoms with Gasteiger partial charge in [-0.25, -0.2) is 4.68 Å². The van der Waals surface area contributed by atoms with Crippen LogP contribution in [0.4, 0.5) is 0 Å². The average molecular weight is 280 g/mol. The van der Waals surface area contributed by atoms with Crippen LogP contribution < -0.4 is 5.11 Å². The lowest BCUT2D eigenvalue weighted by atomic mass is 10.3. The van der Waals surface area contributed by atoms with Crippen LogP contribution >= 0.6 is 0 Å². The van der Waals surface area contributed by atoms with Crippen LogP contribution in [-0.2, 0) is 0 Å². The fourth-order valence-electron chi connectivity index (χ4n) is 2.16. The van der Waals surface area contributed by atoms with E-state index in [1.165, 1.54) is 15.4 Å². The lowest BCUT2D eigenvalue weighted by Crippen LogP contribution is -2.24. The minimum absolute atomic E-state index is 0.0850. The van der Waals surface area contributed by atoms with Crippen LogP contribution in [0.3, 0.4) is 0 Å². The van der Waals surface area contributed by atoms with Gasteiger partial charge in [-0.05, 0) is 24.3 Å². The van der Waals surface area contributed by atoms with Gasteiger partial charge in [0.1, 0.15) is 5.82 Å². The summed E-state index contributed by atoms with van der Waals surface area (Å²) in [5.41, 5.74) is 0.930. The summed E-state index contributed by atoms with van der Waals surface area (Å²) in [4.78, 5) is 22.4. The van der Waals surface area contributed by atoms with Crippen molar-refractivity contribution < 1.29 is 14.7 Å². The van der Waals surface area contributed by atoms with Crippen LogP contribution in [0.25, 0.3) is 11.5 Å². The summed E-state index contributed by atoms with van der Waals surface area (Å²) in [6.07, 6.45) is 3.47. The van der Waals surface area contributed by atoms with E-state index in [4.69, 9.17) is 0 Å². The lowest BCUT2D eigenvalue weighted by molar-refractivity contribution is -0.255. The number of rotatable bonds is 4. The van der Waals surface area contributed by atoms with E-state index in [-0.39, 0.29) is 11.4 Å². The number of aromatic carboxylic acids is 1. The molecule has 3 aromatic rings. The summed E-state index contributed by atoms with van der Waals surface area (Å²) in [5.74, 6) is -1.09. The Kier molecular flexibility index (Phi) is 3.12. The van der Waals surface area contributed by atoms with Crippen molar-refractivity contribution in [3.63, 3.8) is 0 Å². The number of aromatic nitrogens is 3. The molecule has 21 heavy (non-hydrogen) atoms. The molecule has 1 aromatic carbocycles. The molecule has 2 heterocycles. The largest absolute Gasteiger partial charge is 0.545 e. The van der Waals surface area contributed by atoms with Gasteiger partial charge in [0.15, 0.2) is 6.29 Å². The van der Waals surface area contributed by atoms with Gasteiger partial charge in [-0.15, -0.1) is 0 Å². The minimum Gasteiger partial charge on any atom is -0.545 e. The number of carboxylic acids is 1. The minimum atomic E-state index is -1.35. The zero-order valence-corrected chi connectivity index (χ0v) is 10.8. The van der Waals surface area contributed by atoms with Crippen LogP contribution in [0.15, 0.2) is 54.9 Å². The number of hydrogen-bond acceptors (Lipinski definition) is 4. The van der Waals surface area contributed by atoms with E-state index < -0.39 is 5.97 Å². The molecule has 0 bridgehead atoms. The highest BCUT2D eigenvalue weighted by Gasteiger charge is 2.16. The number of carbonyl (C=O) groups is 2. The highest BCUT2D eigenvalue weighted by molar-refractivity contribution is 5.90. The van der Waals surface area contributed by atoms with Gasteiger partial charge < -0.3 is 9.90 Å². The van der Waals surface area contributed by atoms with Crippen molar-refractivity contribution >= 4 is 12.3 Å². The van der Waals surface area contributed by atoms with Gasteiger partial charge in [0.05, 0.1) is 29.1 Å². The number of para-hydroxylation sites is 1. The van der Waals surface area contributed by atoms with Crippen LogP contribution in [-0.4, -0.2) is 26.6 Å². The molecule has 2 aromatic heterocycles. The second-order valence-corrected chi connectivity index (χ2v) is 4.34. The van der Waals surface area contributed by atoms with Crippen LogP contribution in [0, 0.1) is 0 Å². The molecule has 0 amide bonds. The highest BCUT2D eigenvalue weighted by Crippen LogP contribution is 2.20. The molecule has 6 heteroatoms. The summed E-state index contributed by atoms with van der Waals surface area (Å²) >= 11 is 0. The first-order valence-corrected chi connectivity index (χ1v) is 6.20. The van der Waals surface area contributed by atoms with E-state index in [1.54, 1.807) is 30.5 Å². The fourth-order valence-corrected chi connectivity index (χ4v) is 2.16. The molecular formula is C15H10N3O3-. The molecule has 0 spiro atoms. The second-order valence-electron chi connectivity index (χ2n) is 4.34. The number of benzene rings is 1. The molecule has 104 valence electrons. The molecular weight excluding hydrogens is 270 g/mol. The Hall–Kier alpha value is -3.15. The summed E-state index contributed by atoms with van der Waals surface area (Å²) in [6, 6.07) is 12.3. The number of nitrogens with zero attached hydrogens (tertiary/aromatic N) is 3. The smallest absolute Gasteiger partial charge is 0.166 e. The summed E-state index contributed by atoms with van der Waals surface area (Å²) in [7, 11) is 0. The zero-order chi connectivity index (χ0) is 14.8. The zero-order valence-electron chi connectivity index (χ0n) is 10.8. The Labute approximate surface area is 119 Å². The highest BCUT2D eigenvalue weighted by atomic mass is 16.4. The second kappa shape index (κ2) is 5.09. The summed E-state index contributed by atoms with van der Waals surface area (Å²) in [5, 5.41) is 15.4. The van der Waals surface area contributed by atoms with E-state index in [2.05, 4.69) is 5.10 Å². The van der Waals surface area contributed by atoms with Crippen molar-refractivity contribution in [3.8, 4) is 11.5 Å². The Morgan fingerprint density at radius 3 is 2.57 bits per heavy atom. The van der Waals surface area contributed by atoms with E-state index in [0.29, 0.717) is 17.7 Å². The van der Waals surface area contributed by atoms with Gasteiger partial charge in [0, 0.05) is 6.20 Å². The Morgan fingerprint density at radius 2 is 1.90 bits per heavy atom. The van der Waals surface area contributed by atoms with E-state index in [0.717, 1.165) is 0 Å². The van der Waals surface area contributed by atoms with Crippen molar-refractivity contribution in [1.82, 2.24) is 14.3 Å². The van der Waals surface area contributed by atoms with Crippen LogP contribution in [0.2, 0.25) is 0 Å².